The molecular weight excluding hydrogens is 240 g/mol. The molecule has 0 spiro atoms. The summed E-state index contributed by atoms with van der Waals surface area (Å²) in [4.78, 5) is 10.7. The van der Waals surface area contributed by atoms with Gasteiger partial charge in [-0.15, -0.1) is 0 Å². The Morgan fingerprint density at radius 1 is 1.32 bits per heavy atom. The predicted octanol–water partition coefficient (Wildman–Crippen LogP) is 2.16. The molecule has 2 rings (SSSR count). The highest BCUT2D eigenvalue weighted by molar-refractivity contribution is 5.42. The lowest BCUT2D eigenvalue weighted by Crippen LogP contribution is -2.31. The zero-order valence-electron chi connectivity index (χ0n) is 12.1. The van der Waals surface area contributed by atoms with Gasteiger partial charge >= 0.3 is 0 Å². The summed E-state index contributed by atoms with van der Waals surface area (Å²) in [6, 6.07) is 0. The fourth-order valence-corrected chi connectivity index (χ4v) is 2.74. The van der Waals surface area contributed by atoms with Crippen LogP contribution in [0, 0.1) is 5.41 Å². The third kappa shape index (κ3) is 3.56. The Balaban J connectivity index is 1.99. The van der Waals surface area contributed by atoms with E-state index in [0.717, 1.165) is 24.8 Å². The van der Waals surface area contributed by atoms with Crippen molar-refractivity contribution in [2.75, 3.05) is 44.6 Å². The molecule has 5 nitrogen and oxygen atoms in total. The minimum Gasteiger partial charge on any atom is -0.384 e. The lowest BCUT2D eigenvalue weighted by molar-refractivity contribution is 0.0923. The molecule has 1 saturated carbocycles. The van der Waals surface area contributed by atoms with Gasteiger partial charge in [-0.25, -0.2) is 4.98 Å². The van der Waals surface area contributed by atoms with Crippen molar-refractivity contribution >= 4 is 11.6 Å². The van der Waals surface area contributed by atoms with Gasteiger partial charge in [0.1, 0.15) is 11.6 Å². The number of rotatable bonds is 6. The van der Waals surface area contributed by atoms with E-state index in [-0.39, 0.29) is 5.41 Å². The highest BCUT2D eigenvalue weighted by Gasteiger charge is 2.33. The van der Waals surface area contributed by atoms with Crippen molar-refractivity contribution in [1.82, 2.24) is 9.97 Å². The van der Waals surface area contributed by atoms with Gasteiger partial charge in [0.05, 0.1) is 19.0 Å². The maximum atomic E-state index is 5.40. The molecule has 1 N–H and O–H groups in total. The molecule has 0 unspecified atom stereocenters. The van der Waals surface area contributed by atoms with Gasteiger partial charge in [-0.2, -0.15) is 0 Å². The summed E-state index contributed by atoms with van der Waals surface area (Å²) in [5.74, 6) is 1.71. The molecule has 0 amide bonds. The predicted molar refractivity (Wildman–Crippen MR) is 77.6 cm³/mol. The van der Waals surface area contributed by atoms with E-state index in [9.17, 15) is 0 Å². The van der Waals surface area contributed by atoms with Crippen LogP contribution in [0.1, 0.15) is 25.7 Å². The van der Waals surface area contributed by atoms with E-state index in [4.69, 9.17) is 4.74 Å². The minimum absolute atomic E-state index is 0.268. The maximum absolute atomic E-state index is 5.40. The van der Waals surface area contributed by atoms with Crippen molar-refractivity contribution in [2.45, 2.75) is 25.7 Å². The Labute approximate surface area is 115 Å². The first-order valence-corrected chi connectivity index (χ1v) is 6.87. The molecular formula is C14H24N4O. The number of nitrogens with zero attached hydrogens (tertiary/aromatic N) is 3. The third-order valence-electron chi connectivity index (χ3n) is 3.84. The first-order chi connectivity index (χ1) is 9.15. The van der Waals surface area contributed by atoms with Crippen LogP contribution < -0.4 is 10.2 Å². The van der Waals surface area contributed by atoms with Crippen LogP contribution in [0.4, 0.5) is 11.6 Å². The zero-order valence-corrected chi connectivity index (χ0v) is 12.1. The largest absolute Gasteiger partial charge is 0.384 e. The molecule has 0 saturated heterocycles. The summed E-state index contributed by atoms with van der Waals surface area (Å²) < 4.78 is 5.40. The van der Waals surface area contributed by atoms with Gasteiger partial charge in [-0.3, -0.25) is 4.98 Å². The molecule has 19 heavy (non-hydrogen) atoms. The second-order valence-corrected chi connectivity index (χ2v) is 5.65. The molecule has 1 aliphatic carbocycles. The van der Waals surface area contributed by atoms with Gasteiger partial charge < -0.3 is 15.0 Å². The normalized spacial score (nSPS) is 17.4. The molecule has 106 valence electrons. The average molecular weight is 264 g/mol. The summed E-state index contributed by atoms with van der Waals surface area (Å²) in [6.45, 7) is 1.73. The van der Waals surface area contributed by atoms with Crippen LogP contribution in [0.2, 0.25) is 0 Å². The van der Waals surface area contributed by atoms with E-state index in [1.54, 1.807) is 19.5 Å². The van der Waals surface area contributed by atoms with Gasteiger partial charge in [0.25, 0.3) is 0 Å². The lowest BCUT2D eigenvalue weighted by Gasteiger charge is -2.28. The van der Waals surface area contributed by atoms with Gasteiger partial charge in [0.15, 0.2) is 0 Å². The molecule has 1 fully saturated rings. The summed E-state index contributed by atoms with van der Waals surface area (Å²) in [7, 11) is 5.72. The van der Waals surface area contributed by atoms with E-state index in [1.807, 2.05) is 19.0 Å². The Hall–Kier alpha value is -1.36. The Morgan fingerprint density at radius 2 is 2.05 bits per heavy atom. The molecule has 1 aromatic rings. The Morgan fingerprint density at radius 3 is 2.68 bits per heavy atom. The van der Waals surface area contributed by atoms with Crippen LogP contribution in [0.25, 0.3) is 0 Å². The van der Waals surface area contributed by atoms with Crippen molar-refractivity contribution in [3.8, 4) is 0 Å². The van der Waals surface area contributed by atoms with Crippen molar-refractivity contribution in [1.29, 1.82) is 0 Å². The highest BCUT2D eigenvalue weighted by atomic mass is 16.5. The van der Waals surface area contributed by atoms with Crippen LogP contribution in [0.5, 0.6) is 0 Å². The van der Waals surface area contributed by atoms with Crippen molar-refractivity contribution < 1.29 is 4.74 Å². The summed E-state index contributed by atoms with van der Waals surface area (Å²) in [6.07, 6.45) is 8.61. The summed E-state index contributed by atoms with van der Waals surface area (Å²) in [5, 5.41) is 3.43. The quantitative estimate of drug-likeness (QED) is 0.853. The number of nitrogens with one attached hydrogen (secondary N) is 1. The standard InChI is InChI=1S/C14H24N4O/c1-18(2)13-9-15-8-12(17-13)16-10-14(11-19-3)6-4-5-7-14/h8-9H,4-7,10-11H2,1-3H3,(H,16,17). The van der Waals surface area contributed by atoms with Gasteiger partial charge in [-0.1, -0.05) is 12.8 Å². The summed E-state index contributed by atoms with van der Waals surface area (Å²) in [5.41, 5.74) is 0.268. The van der Waals surface area contributed by atoms with Crippen LogP contribution in [-0.2, 0) is 4.74 Å². The van der Waals surface area contributed by atoms with Crippen LogP contribution in [0.3, 0.4) is 0 Å². The number of methoxy groups -OCH3 is 1. The molecule has 1 aliphatic rings. The minimum atomic E-state index is 0.268. The number of aromatic nitrogens is 2. The maximum Gasteiger partial charge on any atom is 0.149 e. The van der Waals surface area contributed by atoms with Crippen molar-refractivity contribution in [3.05, 3.63) is 12.4 Å². The van der Waals surface area contributed by atoms with Crippen LogP contribution in [0.15, 0.2) is 12.4 Å². The fraction of sp³-hybridized carbons (Fsp3) is 0.714. The molecule has 5 heteroatoms. The molecule has 0 bridgehead atoms. The Bertz CT molecular complexity index is 402. The van der Waals surface area contributed by atoms with Crippen molar-refractivity contribution in [3.63, 3.8) is 0 Å². The first kappa shape index (κ1) is 14.1. The Kier molecular flexibility index (Phi) is 4.58. The van der Waals surface area contributed by atoms with E-state index in [0.29, 0.717) is 0 Å². The first-order valence-electron chi connectivity index (χ1n) is 6.87. The van der Waals surface area contributed by atoms with Gasteiger partial charge in [-0.05, 0) is 12.8 Å². The topological polar surface area (TPSA) is 50.3 Å². The highest BCUT2D eigenvalue weighted by Crippen LogP contribution is 2.38. The molecule has 1 heterocycles. The monoisotopic (exact) mass is 264 g/mol. The molecule has 0 atom stereocenters. The van der Waals surface area contributed by atoms with Gasteiger partial charge in [0.2, 0.25) is 0 Å². The van der Waals surface area contributed by atoms with E-state index in [1.165, 1.54) is 25.7 Å². The fourth-order valence-electron chi connectivity index (χ4n) is 2.74. The number of hydrogen-bond acceptors (Lipinski definition) is 5. The van der Waals surface area contributed by atoms with E-state index >= 15 is 0 Å². The number of ether oxygens (including phenoxy) is 1. The van der Waals surface area contributed by atoms with Crippen molar-refractivity contribution in [2.24, 2.45) is 5.41 Å². The molecule has 0 aromatic carbocycles. The van der Waals surface area contributed by atoms with Crippen LogP contribution in [-0.4, -0.2) is 44.3 Å². The zero-order chi connectivity index (χ0) is 13.7. The third-order valence-corrected chi connectivity index (χ3v) is 3.84. The molecule has 1 aromatic heterocycles. The lowest BCUT2D eigenvalue weighted by atomic mass is 9.87. The average Bonchev–Trinajstić information content (AvgIpc) is 2.86. The SMILES string of the molecule is COCC1(CNc2cncc(N(C)C)n2)CCCC1. The van der Waals surface area contributed by atoms with Gasteiger partial charge in [0, 0.05) is 33.2 Å². The smallest absolute Gasteiger partial charge is 0.149 e. The number of hydrogen-bond donors (Lipinski definition) is 1. The molecule has 0 aliphatic heterocycles. The number of anilines is 2. The van der Waals surface area contributed by atoms with E-state index < -0.39 is 0 Å². The van der Waals surface area contributed by atoms with Crippen LogP contribution >= 0.6 is 0 Å². The molecule has 0 radical (unpaired) electrons. The second kappa shape index (κ2) is 6.19. The summed E-state index contributed by atoms with van der Waals surface area (Å²) >= 11 is 0. The second-order valence-electron chi connectivity index (χ2n) is 5.65. The van der Waals surface area contributed by atoms with E-state index in [2.05, 4.69) is 15.3 Å².